The molecule has 158 valence electrons. The molecule has 1 aromatic carbocycles. The molecule has 3 aromatic rings. The van der Waals surface area contributed by atoms with Crippen LogP contribution in [-0.2, 0) is 13.0 Å². The van der Waals surface area contributed by atoms with Crippen LogP contribution >= 0.6 is 22.9 Å². The van der Waals surface area contributed by atoms with Crippen molar-refractivity contribution in [3.05, 3.63) is 51.9 Å². The molecule has 3 N–H and O–H groups in total. The maximum Gasteiger partial charge on any atom is 0.292 e. The molecule has 9 heteroatoms. The number of hydrogen-bond donors (Lipinski definition) is 2. The number of piperidine rings is 1. The molecule has 30 heavy (non-hydrogen) atoms. The first-order valence-electron chi connectivity index (χ1n) is 9.89. The number of halogens is 1. The molecule has 4 rings (SSSR count). The molecule has 0 saturated carbocycles. The van der Waals surface area contributed by atoms with Crippen LogP contribution in [0.15, 0.2) is 35.1 Å². The van der Waals surface area contributed by atoms with Gasteiger partial charge in [-0.1, -0.05) is 17.7 Å². The normalized spacial score (nSPS) is 15.5. The minimum atomic E-state index is -0.190. The second-order valence-corrected chi connectivity index (χ2v) is 8.96. The number of likely N-dealkylation sites (tertiary alicyclic amines) is 1. The van der Waals surface area contributed by atoms with Crippen molar-refractivity contribution in [2.75, 3.05) is 25.9 Å². The highest BCUT2D eigenvalue weighted by atomic mass is 35.5. The minimum absolute atomic E-state index is 0.0226. The summed E-state index contributed by atoms with van der Waals surface area (Å²) in [5.74, 6) is -0.190. The van der Waals surface area contributed by atoms with Crippen LogP contribution in [0.1, 0.15) is 33.9 Å². The van der Waals surface area contributed by atoms with Crippen molar-refractivity contribution in [2.45, 2.75) is 31.8 Å². The number of benzene rings is 1. The lowest BCUT2D eigenvalue weighted by atomic mass is 10.0. The number of hydrogen-bond acceptors (Lipinski definition) is 8. The zero-order valence-corrected chi connectivity index (χ0v) is 18.3. The van der Waals surface area contributed by atoms with Crippen molar-refractivity contribution < 1.29 is 9.21 Å². The molecule has 0 radical (unpaired) electrons. The number of carbonyl (C=O) groups excluding carboxylic acids is 1. The van der Waals surface area contributed by atoms with E-state index in [4.69, 9.17) is 21.8 Å². The molecular formula is C21H24ClN5O2S. The van der Waals surface area contributed by atoms with Gasteiger partial charge in [-0.15, -0.1) is 11.3 Å². The molecule has 0 aliphatic carbocycles. The number of carbonyl (C=O) groups is 1. The Balaban J connectivity index is 1.44. The van der Waals surface area contributed by atoms with Crippen LogP contribution < -0.4 is 11.1 Å². The van der Waals surface area contributed by atoms with Crippen LogP contribution in [0.4, 0.5) is 6.01 Å². The average molecular weight is 446 g/mol. The predicted molar refractivity (Wildman–Crippen MR) is 119 cm³/mol. The van der Waals surface area contributed by atoms with E-state index in [1.807, 2.05) is 31.4 Å². The Morgan fingerprint density at radius 2 is 2.20 bits per heavy atom. The number of thiazole rings is 1. The summed E-state index contributed by atoms with van der Waals surface area (Å²) in [6, 6.07) is 6.32. The molecule has 1 aliphatic heterocycles. The van der Waals surface area contributed by atoms with Crippen molar-refractivity contribution in [3.63, 3.8) is 0 Å². The molecule has 7 nitrogen and oxygen atoms in total. The van der Waals surface area contributed by atoms with Crippen LogP contribution in [0.25, 0.3) is 10.4 Å². The molecular weight excluding hydrogens is 422 g/mol. The first-order chi connectivity index (χ1) is 14.5. The predicted octanol–water partition coefficient (Wildman–Crippen LogP) is 3.64. The molecule has 0 bridgehead atoms. The Labute approximate surface area is 184 Å². The molecule has 0 spiro atoms. The monoisotopic (exact) mass is 445 g/mol. The van der Waals surface area contributed by atoms with E-state index >= 15 is 0 Å². The number of rotatable bonds is 7. The maximum atomic E-state index is 12.4. The van der Waals surface area contributed by atoms with Crippen molar-refractivity contribution in [1.29, 1.82) is 0 Å². The Morgan fingerprint density at radius 3 is 2.90 bits per heavy atom. The summed E-state index contributed by atoms with van der Waals surface area (Å²) in [6.07, 6.45) is 5.63. The van der Waals surface area contributed by atoms with Crippen LogP contribution in [0.2, 0.25) is 5.02 Å². The summed E-state index contributed by atoms with van der Waals surface area (Å²) in [5.41, 5.74) is 7.40. The number of ketones is 1. The average Bonchev–Trinajstić information content (AvgIpc) is 3.39. The first-order valence-corrected chi connectivity index (χ1v) is 11.1. The third-order valence-corrected chi connectivity index (χ3v) is 6.80. The summed E-state index contributed by atoms with van der Waals surface area (Å²) in [6.45, 7) is 3.04. The molecule has 0 unspecified atom stereocenters. The molecule has 2 aromatic heterocycles. The van der Waals surface area contributed by atoms with E-state index in [1.54, 1.807) is 11.3 Å². The van der Waals surface area contributed by atoms with E-state index in [0.29, 0.717) is 11.1 Å². The van der Waals surface area contributed by atoms with Gasteiger partial charge in [0.05, 0.1) is 11.4 Å². The van der Waals surface area contributed by atoms with Gasteiger partial charge < -0.3 is 15.5 Å². The van der Waals surface area contributed by atoms with Gasteiger partial charge in [-0.3, -0.25) is 9.69 Å². The van der Waals surface area contributed by atoms with Gasteiger partial charge in [0.1, 0.15) is 17.0 Å². The Hall–Kier alpha value is -2.26. The number of nitrogens with zero attached hydrogens (tertiary/aromatic N) is 3. The van der Waals surface area contributed by atoms with Gasteiger partial charge in [0.15, 0.2) is 5.78 Å². The summed E-state index contributed by atoms with van der Waals surface area (Å²) in [4.78, 5) is 24.5. The zero-order chi connectivity index (χ0) is 21.1. The fraction of sp³-hybridized carbons (Fsp3) is 0.381. The standard InChI is InChI=1S/C21H24ClN5O2S/c1-24-15-4-6-27(7-5-15)11-20-25-10-19(30-20)13-2-3-16(22)14(8-13)9-18(28)17-12-29-21(23)26-17/h2-3,8,10,12,15,24H,4-7,9,11H2,1H3,(H2,23,26). The number of Topliss-reactive ketones (excluding diaryl/α,β-unsaturated/α-hetero) is 1. The number of oxazole rings is 1. The first kappa shape index (κ1) is 21.0. The molecule has 1 fully saturated rings. The van der Waals surface area contributed by atoms with Crippen LogP contribution in [0.3, 0.4) is 0 Å². The van der Waals surface area contributed by atoms with E-state index in [2.05, 4.69) is 20.2 Å². The van der Waals surface area contributed by atoms with Gasteiger partial charge in [0.2, 0.25) is 0 Å². The second-order valence-electron chi connectivity index (χ2n) is 7.43. The van der Waals surface area contributed by atoms with Gasteiger partial charge in [-0.05, 0) is 43.1 Å². The summed E-state index contributed by atoms with van der Waals surface area (Å²) in [5, 5.41) is 5.00. The van der Waals surface area contributed by atoms with E-state index < -0.39 is 0 Å². The molecule has 1 saturated heterocycles. The Kier molecular flexibility index (Phi) is 6.48. The Bertz CT molecular complexity index is 1030. The molecule has 1 aliphatic rings. The largest absolute Gasteiger partial charge is 0.432 e. The third kappa shape index (κ3) is 4.89. The SMILES string of the molecule is CNC1CCN(Cc2ncc(-c3ccc(Cl)c(CC(=O)c4coc(N)n4)c3)s2)CC1. The third-order valence-electron chi connectivity index (χ3n) is 5.40. The number of nitrogens with one attached hydrogen (secondary N) is 1. The van der Waals surface area contributed by atoms with E-state index in [-0.39, 0.29) is 23.9 Å². The van der Waals surface area contributed by atoms with E-state index in [1.165, 1.54) is 19.1 Å². The summed E-state index contributed by atoms with van der Waals surface area (Å²) < 4.78 is 4.92. The number of nitrogen functional groups attached to an aromatic ring is 1. The lowest BCUT2D eigenvalue weighted by Gasteiger charge is -2.31. The zero-order valence-electron chi connectivity index (χ0n) is 16.7. The van der Waals surface area contributed by atoms with Gasteiger partial charge >= 0.3 is 0 Å². The van der Waals surface area contributed by atoms with E-state index in [9.17, 15) is 4.79 Å². The van der Waals surface area contributed by atoms with E-state index in [0.717, 1.165) is 40.6 Å². The van der Waals surface area contributed by atoms with Crippen LogP contribution in [0.5, 0.6) is 0 Å². The van der Waals surface area contributed by atoms with Gasteiger partial charge in [0.25, 0.3) is 6.01 Å². The van der Waals surface area contributed by atoms with Crippen LogP contribution in [-0.4, -0.2) is 46.8 Å². The second kappa shape index (κ2) is 9.26. The van der Waals surface area contributed by atoms with Crippen molar-refractivity contribution in [2.24, 2.45) is 0 Å². The number of nitrogens with two attached hydrogens (primary N) is 1. The highest BCUT2D eigenvalue weighted by molar-refractivity contribution is 7.15. The minimum Gasteiger partial charge on any atom is -0.432 e. The molecule has 3 heterocycles. The van der Waals surface area contributed by atoms with Crippen LogP contribution in [0, 0.1) is 0 Å². The fourth-order valence-corrected chi connectivity index (χ4v) is 4.77. The lowest BCUT2D eigenvalue weighted by molar-refractivity contribution is 0.0988. The fourth-order valence-electron chi connectivity index (χ4n) is 3.63. The summed E-state index contributed by atoms with van der Waals surface area (Å²) in [7, 11) is 2.03. The Morgan fingerprint density at radius 1 is 1.40 bits per heavy atom. The quantitative estimate of drug-likeness (QED) is 0.535. The summed E-state index contributed by atoms with van der Waals surface area (Å²) >= 11 is 8.01. The van der Waals surface area contributed by atoms with Crippen molar-refractivity contribution >= 4 is 34.7 Å². The van der Waals surface area contributed by atoms with Gasteiger partial charge in [-0.2, -0.15) is 4.98 Å². The highest BCUT2D eigenvalue weighted by Gasteiger charge is 2.19. The van der Waals surface area contributed by atoms with Gasteiger partial charge in [0, 0.05) is 36.8 Å². The molecule has 0 atom stereocenters. The van der Waals surface area contributed by atoms with Crippen molar-refractivity contribution in [3.8, 4) is 10.4 Å². The maximum absolute atomic E-state index is 12.4. The van der Waals surface area contributed by atoms with Crippen molar-refractivity contribution in [1.82, 2.24) is 20.2 Å². The number of aromatic nitrogens is 2. The molecule has 0 amide bonds. The highest BCUT2D eigenvalue weighted by Crippen LogP contribution is 2.31. The smallest absolute Gasteiger partial charge is 0.292 e. The lowest BCUT2D eigenvalue weighted by Crippen LogP contribution is -2.40. The van der Waals surface area contributed by atoms with Gasteiger partial charge in [-0.25, -0.2) is 4.98 Å². The topological polar surface area (TPSA) is 97.3 Å². The number of anilines is 1.